The van der Waals surface area contributed by atoms with Crippen LogP contribution < -0.4 is 5.32 Å². The summed E-state index contributed by atoms with van der Waals surface area (Å²) in [5, 5.41) is 6.64. The Bertz CT molecular complexity index is 840. The number of nitrogens with one attached hydrogen (secondary N) is 1. The fourth-order valence-corrected chi connectivity index (χ4v) is 4.46. The molecule has 0 atom stereocenters. The van der Waals surface area contributed by atoms with Crippen LogP contribution in [0.3, 0.4) is 0 Å². The zero-order valence-electron chi connectivity index (χ0n) is 16.5. The van der Waals surface area contributed by atoms with Gasteiger partial charge in [0.25, 0.3) is 5.91 Å². The number of aromatic nitrogens is 1. The SMILES string of the molecule is O=C(NCC1CCN(CC2CCCC2)CC1)c1cc(-c2ccc(F)cc2F)on1. The van der Waals surface area contributed by atoms with E-state index in [2.05, 4.69) is 15.4 Å². The number of carbonyl (C=O) groups is 1. The van der Waals surface area contributed by atoms with Crippen LogP contribution >= 0.6 is 0 Å². The molecule has 0 bridgehead atoms. The van der Waals surface area contributed by atoms with Crippen LogP contribution in [0, 0.1) is 23.5 Å². The minimum atomic E-state index is -0.752. The molecule has 1 saturated carbocycles. The second-order valence-electron chi connectivity index (χ2n) is 8.31. The molecule has 0 unspecified atom stereocenters. The minimum Gasteiger partial charge on any atom is -0.355 e. The summed E-state index contributed by atoms with van der Waals surface area (Å²) in [5.74, 6) is -0.322. The van der Waals surface area contributed by atoms with Crippen molar-refractivity contribution in [2.24, 2.45) is 11.8 Å². The summed E-state index contributed by atoms with van der Waals surface area (Å²) >= 11 is 0. The third-order valence-corrected chi connectivity index (χ3v) is 6.19. The van der Waals surface area contributed by atoms with Crippen LogP contribution in [0.1, 0.15) is 49.0 Å². The van der Waals surface area contributed by atoms with E-state index in [-0.39, 0.29) is 22.9 Å². The predicted octanol–water partition coefficient (Wildman–Crippen LogP) is 4.25. The van der Waals surface area contributed by atoms with Crippen molar-refractivity contribution in [2.45, 2.75) is 38.5 Å². The van der Waals surface area contributed by atoms with E-state index in [9.17, 15) is 13.6 Å². The van der Waals surface area contributed by atoms with E-state index in [4.69, 9.17) is 4.52 Å². The van der Waals surface area contributed by atoms with Crippen molar-refractivity contribution in [3.05, 3.63) is 41.6 Å². The van der Waals surface area contributed by atoms with E-state index in [0.29, 0.717) is 12.5 Å². The highest BCUT2D eigenvalue weighted by Gasteiger charge is 2.24. The lowest BCUT2D eigenvalue weighted by Gasteiger charge is -2.33. The van der Waals surface area contributed by atoms with Gasteiger partial charge in [-0.1, -0.05) is 18.0 Å². The number of likely N-dealkylation sites (tertiary alicyclic amines) is 1. The van der Waals surface area contributed by atoms with E-state index < -0.39 is 11.6 Å². The summed E-state index contributed by atoms with van der Waals surface area (Å²) < 4.78 is 32.0. The number of halogens is 2. The number of piperidine rings is 1. The first-order valence-electron chi connectivity index (χ1n) is 10.5. The second kappa shape index (κ2) is 9.03. The number of carbonyl (C=O) groups excluding carboxylic acids is 1. The maximum absolute atomic E-state index is 13.9. The van der Waals surface area contributed by atoms with Crippen molar-refractivity contribution >= 4 is 5.91 Å². The number of nitrogens with zero attached hydrogens (tertiary/aromatic N) is 2. The first kappa shape index (κ1) is 20.0. The maximum atomic E-state index is 13.9. The van der Waals surface area contributed by atoms with Crippen molar-refractivity contribution in [1.82, 2.24) is 15.4 Å². The first-order chi connectivity index (χ1) is 14.1. The molecule has 1 N–H and O–H groups in total. The molecule has 1 saturated heterocycles. The molecule has 1 aromatic carbocycles. The van der Waals surface area contributed by atoms with E-state index in [1.165, 1.54) is 44.4 Å². The Morgan fingerprint density at radius 2 is 1.86 bits per heavy atom. The quantitative estimate of drug-likeness (QED) is 0.783. The molecule has 0 spiro atoms. The van der Waals surface area contributed by atoms with Gasteiger partial charge in [-0.3, -0.25) is 4.79 Å². The van der Waals surface area contributed by atoms with Gasteiger partial charge >= 0.3 is 0 Å². The lowest BCUT2D eigenvalue weighted by Crippen LogP contribution is -2.40. The van der Waals surface area contributed by atoms with Crippen molar-refractivity contribution in [1.29, 1.82) is 0 Å². The molecule has 2 aromatic rings. The predicted molar refractivity (Wildman–Crippen MR) is 105 cm³/mol. The molecule has 2 heterocycles. The van der Waals surface area contributed by atoms with Gasteiger partial charge < -0.3 is 14.7 Å². The molecule has 1 amide bonds. The van der Waals surface area contributed by atoms with Crippen LogP contribution in [0.25, 0.3) is 11.3 Å². The number of hydrogen-bond acceptors (Lipinski definition) is 4. The van der Waals surface area contributed by atoms with Gasteiger partial charge in [-0.25, -0.2) is 8.78 Å². The molecule has 29 heavy (non-hydrogen) atoms. The third kappa shape index (κ3) is 5.01. The maximum Gasteiger partial charge on any atom is 0.273 e. The molecule has 156 valence electrons. The van der Waals surface area contributed by atoms with Crippen LogP contribution in [-0.2, 0) is 0 Å². The van der Waals surface area contributed by atoms with Gasteiger partial charge in [0.15, 0.2) is 11.5 Å². The molecule has 2 fully saturated rings. The van der Waals surface area contributed by atoms with Gasteiger partial charge in [0.05, 0.1) is 5.56 Å². The van der Waals surface area contributed by atoms with Crippen molar-refractivity contribution in [3.63, 3.8) is 0 Å². The second-order valence-corrected chi connectivity index (χ2v) is 8.31. The normalized spacial score (nSPS) is 19.0. The Balaban J connectivity index is 1.25. The van der Waals surface area contributed by atoms with Crippen LogP contribution in [-0.4, -0.2) is 42.1 Å². The summed E-state index contributed by atoms with van der Waals surface area (Å²) in [6.07, 6.45) is 7.67. The van der Waals surface area contributed by atoms with Gasteiger partial charge in [0.2, 0.25) is 0 Å². The molecule has 5 nitrogen and oxygen atoms in total. The number of hydrogen-bond donors (Lipinski definition) is 1. The fraction of sp³-hybridized carbons (Fsp3) is 0.545. The van der Waals surface area contributed by atoms with E-state index in [1.807, 2.05) is 0 Å². The third-order valence-electron chi connectivity index (χ3n) is 6.19. The Morgan fingerprint density at radius 3 is 2.59 bits per heavy atom. The molecule has 7 heteroatoms. The molecule has 4 rings (SSSR count). The van der Waals surface area contributed by atoms with Crippen LogP contribution in [0.15, 0.2) is 28.8 Å². The van der Waals surface area contributed by atoms with Gasteiger partial charge in [-0.2, -0.15) is 0 Å². The number of benzene rings is 1. The van der Waals surface area contributed by atoms with Crippen molar-refractivity contribution in [2.75, 3.05) is 26.2 Å². The summed E-state index contributed by atoms with van der Waals surface area (Å²) in [5.41, 5.74) is 0.176. The van der Waals surface area contributed by atoms with Gasteiger partial charge in [0.1, 0.15) is 11.6 Å². The highest BCUT2D eigenvalue weighted by Crippen LogP contribution is 2.27. The molecular weight excluding hydrogens is 376 g/mol. The number of amides is 1. The molecule has 1 aliphatic heterocycles. The zero-order valence-corrected chi connectivity index (χ0v) is 16.5. The lowest BCUT2D eigenvalue weighted by atomic mass is 9.95. The Labute approximate surface area is 169 Å². The monoisotopic (exact) mass is 403 g/mol. The Morgan fingerprint density at radius 1 is 1.10 bits per heavy atom. The Hall–Kier alpha value is -2.28. The summed E-state index contributed by atoms with van der Waals surface area (Å²) in [7, 11) is 0. The van der Waals surface area contributed by atoms with E-state index >= 15 is 0 Å². The van der Waals surface area contributed by atoms with Crippen LogP contribution in [0.5, 0.6) is 0 Å². The first-order valence-corrected chi connectivity index (χ1v) is 10.5. The van der Waals surface area contributed by atoms with Gasteiger partial charge in [-0.05, 0) is 62.7 Å². The van der Waals surface area contributed by atoms with Crippen LogP contribution in [0.4, 0.5) is 8.78 Å². The standard InChI is InChI=1S/C22H27F2N3O2/c23-17-5-6-18(19(24)11-17)21-12-20(26-29-21)22(28)25-13-15-7-9-27(10-8-15)14-16-3-1-2-4-16/h5-6,11-12,15-16H,1-4,7-10,13-14H2,(H,25,28). The van der Waals surface area contributed by atoms with E-state index in [1.54, 1.807) is 0 Å². The average molecular weight is 403 g/mol. The van der Waals surface area contributed by atoms with Gasteiger partial charge in [0, 0.05) is 25.2 Å². The highest BCUT2D eigenvalue weighted by molar-refractivity contribution is 5.93. The average Bonchev–Trinajstić information content (AvgIpc) is 3.39. The minimum absolute atomic E-state index is 0.0765. The molecule has 1 aliphatic carbocycles. The molecule has 0 radical (unpaired) electrons. The lowest BCUT2D eigenvalue weighted by molar-refractivity contribution is 0.0924. The summed E-state index contributed by atoms with van der Waals surface area (Å²) in [4.78, 5) is 14.9. The molecular formula is C22H27F2N3O2. The van der Waals surface area contributed by atoms with Crippen LogP contribution in [0.2, 0.25) is 0 Å². The fourth-order valence-electron chi connectivity index (χ4n) is 4.46. The highest BCUT2D eigenvalue weighted by atomic mass is 19.1. The van der Waals surface area contributed by atoms with Gasteiger partial charge in [-0.15, -0.1) is 0 Å². The van der Waals surface area contributed by atoms with Crippen molar-refractivity contribution < 1.29 is 18.1 Å². The smallest absolute Gasteiger partial charge is 0.273 e. The van der Waals surface area contributed by atoms with Crippen molar-refractivity contribution in [3.8, 4) is 11.3 Å². The summed E-state index contributed by atoms with van der Waals surface area (Å²) in [6, 6.07) is 4.57. The Kier molecular flexibility index (Phi) is 6.23. The topological polar surface area (TPSA) is 58.4 Å². The number of rotatable bonds is 6. The largest absolute Gasteiger partial charge is 0.355 e. The molecule has 2 aliphatic rings. The zero-order chi connectivity index (χ0) is 20.2. The molecule has 1 aromatic heterocycles. The van der Waals surface area contributed by atoms with E-state index in [0.717, 1.165) is 44.0 Å². The summed E-state index contributed by atoms with van der Waals surface area (Å²) in [6.45, 7) is 4.01.